The summed E-state index contributed by atoms with van der Waals surface area (Å²) in [6.07, 6.45) is 2.32. The quantitative estimate of drug-likeness (QED) is 0.755. The van der Waals surface area contributed by atoms with Crippen LogP contribution in [0.1, 0.15) is 50.3 Å². The average Bonchev–Trinajstić information content (AvgIpc) is 3.45. The standard InChI is InChI=1S/C23H23F2N3O2/c1-22(2)14-6-7-23(22,21(29)28-10-12-8-18(28)30-11-12)20-13(14)9-17(26-27-20)19-15(24)4-3-5-16(19)25/h3-5,9,12,14,18H,6-8,10-11H2,1-2H3/t12-,14+,18+,23-/m0/s1. The van der Waals surface area contributed by atoms with E-state index in [-0.39, 0.29) is 34.7 Å². The van der Waals surface area contributed by atoms with Gasteiger partial charge in [0.15, 0.2) is 0 Å². The average molecular weight is 411 g/mol. The van der Waals surface area contributed by atoms with Crippen molar-refractivity contribution in [3.8, 4) is 11.3 Å². The summed E-state index contributed by atoms with van der Waals surface area (Å²) in [5.74, 6) is -0.749. The lowest BCUT2D eigenvalue weighted by atomic mass is 9.67. The van der Waals surface area contributed by atoms with Crippen LogP contribution in [0.2, 0.25) is 0 Å². The van der Waals surface area contributed by atoms with Gasteiger partial charge in [-0.2, -0.15) is 5.10 Å². The van der Waals surface area contributed by atoms with Gasteiger partial charge in [0.2, 0.25) is 5.91 Å². The molecule has 2 aromatic rings. The molecule has 4 atom stereocenters. The normalized spacial score (nSPS) is 32.7. The van der Waals surface area contributed by atoms with Crippen LogP contribution in [-0.4, -0.2) is 40.4 Å². The van der Waals surface area contributed by atoms with Crippen molar-refractivity contribution >= 4 is 5.91 Å². The molecule has 2 aliphatic heterocycles. The summed E-state index contributed by atoms with van der Waals surface area (Å²) in [4.78, 5) is 15.8. The number of hydrogen-bond acceptors (Lipinski definition) is 4. The predicted molar refractivity (Wildman–Crippen MR) is 104 cm³/mol. The topological polar surface area (TPSA) is 55.3 Å². The molecule has 7 heteroatoms. The fraction of sp³-hybridized carbons (Fsp3) is 0.522. The second-order valence-corrected chi connectivity index (χ2v) is 9.70. The number of hydrogen-bond donors (Lipinski definition) is 0. The van der Waals surface area contributed by atoms with E-state index in [1.54, 1.807) is 6.07 Å². The van der Waals surface area contributed by atoms with E-state index < -0.39 is 17.0 Å². The number of carbonyl (C=O) groups is 1. The highest BCUT2D eigenvalue weighted by Gasteiger charge is 2.69. The number of carbonyl (C=O) groups excluding carboxylic acids is 1. The van der Waals surface area contributed by atoms with Gasteiger partial charge in [-0.15, -0.1) is 5.10 Å². The largest absolute Gasteiger partial charge is 0.358 e. The zero-order valence-corrected chi connectivity index (χ0v) is 17.0. The SMILES string of the molecule is CC1(C)[C@@H]2CC[C@@]1(C(=O)N1C[C@H]3CO[C@@H]1C3)c1nnc(-c3c(F)cccc3F)cc12. The van der Waals surface area contributed by atoms with E-state index in [9.17, 15) is 13.6 Å². The van der Waals surface area contributed by atoms with E-state index >= 15 is 0 Å². The first-order valence-electron chi connectivity index (χ1n) is 10.6. The Labute approximate surface area is 173 Å². The molecule has 1 aromatic heterocycles. The molecule has 30 heavy (non-hydrogen) atoms. The Balaban J connectivity index is 1.48. The molecular formula is C23H23F2N3O2. The van der Waals surface area contributed by atoms with Crippen LogP contribution in [0.15, 0.2) is 24.3 Å². The summed E-state index contributed by atoms with van der Waals surface area (Å²) >= 11 is 0. The van der Waals surface area contributed by atoms with Gasteiger partial charge in [0, 0.05) is 12.5 Å². The minimum atomic E-state index is -0.764. The van der Waals surface area contributed by atoms with Crippen LogP contribution in [0.4, 0.5) is 8.78 Å². The van der Waals surface area contributed by atoms with Gasteiger partial charge in [0.25, 0.3) is 0 Å². The fourth-order valence-corrected chi connectivity index (χ4v) is 6.53. The highest BCUT2D eigenvalue weighted by molar-refractivity contribution is 5.92. The Morgan fingerprint density at radius 2 is 2.00 bits per heavy atom. The first-order valence-corrected chi connectivity index (χ1v) is 10.6. The maximum atomic E-state index is 14.3. The van der Waals surface area contributed by atoms with E-state index in [0.29, 0.717) is 18.0 Å². The van der Waals surface area contributed by atoms with Gasteiger partial charge in [-0.1, -0.05) is 19.9 Å². The molecule has 1 amide bonds. The van der Waals surface area contributed by atoms with Crippen LogP contribution in [0, 0.1) is 23.0 Å². The Morgan fingerprint density at radius 3 is 2.67 bits per heavy atom. The minimum absolute atomic E-state index is 0.0695. The van der Waals surface area contributed by atoms with E-state index in [1.165, 1.54) is 18.2 Å². The van der Waals surface area contributed by atoms with Crippen molar-refractivity contribution in [1.82, 2.24) is 15.1 Å². The lowest BCUT2D eigenvalue weighted by molar-refractivity contribution is -0.154. The third-order valence-electron chi connectivity index (χ3n) is 8.09. The van der Waals surface area contributed by atoms with Crippen molar-refractivity contribution in [1.29, 1.82) is 0 Å². The number of rotatable bonds is 2. The molecule has 156 valence electrons. The van der Waals surface area contributed by atoms with Crippen LogP contribution in [0.25, 0.3) is 11.3 Å². The molecule has 6 rings (SSSR count). The second kappa shape index (κ2) is 5.84. The van der Waals surface area contributed by atoms with Gasteiger partial charge < -0.3 is 9.64 Å². The number of ether oxygens (including phenoxy) is 1. The smallest absolute Gasteiger partial charge is 0.237 e. The van der Waals surface area contributed by atoms with Crippen molar-refractivity contribution in [3.63, 3.8) is 0 Å². The van der Waals surface area contributed by atoms with Gasteiger partial charge in [-0.05, 0) is 54.4 Å². The maximum absolute atomic E-state index is 14.3. The first-order chi connectivity index (χ1) is 14.3. The van der Waals surface area contributed by atoms with Crippen molar-refractivity contribution < 1.29 is 18.3 Å². The zero-order valence-electron chi connectivity index (χ0n) is 17.0. The van der Waals surface area contributed by atoms with Crippen LogP contribution in [0.5, 0.6) is 0 Å². The van der Waals surface area contributed by atoms with Crippen molar-refractivity contribution in [2.24, 2.45) is 11.3 Å². The monoisotopic (exact) mass is 411 g/mol. The number of halogens is 2. The number of likely N-dealkylation sites (tertiary alicyclic amines) is 1. The van der Waals surface area contributed by atoms with E-state index in [0.717, 1.165) is 31.6 Å². The number of aromatic nitrogens is 2. The van der Waals surface area contributed by atoms with Crippen molar-refractivity contribution in [2.45, 2.75) is 50.7 Å². The van der Waals surface area contributed by atoms with Crippen LogP contribution >= 0.6 is 0 Å². The number of fused-ring (bicyclic) bond motifs is 7. The summed E-state index contributed by atoms with van der Waals surface area (Å²) in [5.41, 5.74) is 0.475. The summed E-state index contributed by atoms with van der Waals surface area (Å²) < 4.78 is 34.5. The molecule has 2 aliphatic carbocycles. The highest BCUT2D eigenvalue weighted by atomic mass is 19.1. The summed E-state index contributed by atoms with van der Waals surface area (Å²) in [6.45, 7) is 5.68. The molecule has 3 heterocycles. The molecule has 1 aromatic carbocycles. The molecule has 2 saturated heterocycles. The minimum Gasteiger partial charge on any atom is -0.358 e. The van der Waals surface area contributed by atoms with Gasteiger partial charge in [-0.25, -0.2) is 8.78 Å². The van der Waals surface area contributed by atoms with Crippen molar-refractivity contribution in [3.05, 3.63) is 47.2 Å². The second-order valence-electron chi connectivity index (χ2n) is 9.70. The van der Waals surface area contributed by atoms with E-state index in [2.05, 4.69) is 24.0 Å². The predicted octanol–water partition coefficient (Wildman–Crippen LogP) is 3.78. The van der Waals surface area contributed by atoms with Crippen LogP contribution < -0.4 is 0 Å². The lowest BCUT2D eigenvalue weighted by Gasteiger charge is -2.41. The third kappa shape index (κ3) is 2.06. The number of benzene rings is 1. The van der Waals surface area contributed by atoms with Gasteiger partial charge in [0.1, 0.15) is 17.9 Å². The molecule has 1 saturated carbocycles. The first kappa shape index (κ1) is 18.4. The summed E-state index contributed by atoms with van der Waals surface area (Å²) in [5, 5.41) is 8.65. The van der Waals surface area contributed by atoms with Crippen molar-refractivity contribution in [2.75, 3.05) is 13.2 Å². The Bertz CT molecular complexity index is 1070. The third-order valence-corrected chi connectivity index (χ3v) is 8.09. The van der Waals surface area contributed by atoms with E-state index in [4.69, 9.17) is 4.74 Å². The molecule has 4 aliphatic rings. The van der Waals surface area contributed by atoms with Crippen LogP contribution in [0.3, 0.4) is 0 Å². The van der Waals surface area contributed by atoms with Crippen LogP contribution in [-0.2, 0) is 14.9 Å². The molecule has 5 nitrogen and oxygen atoms in total. The molecule has 0 unspecified atom stereocenters. The highest BCUT2D eigenvalue weighted by Crippen LogP contribution is 2.68. The zero-order chi connectivity index (χ0) is 20.8. The molecular weight excluding hydrogens is 388 g/mol. The fourth-order valence-electron chi connectivity index (χ4n) is 6.53. The Kier molecular flexibility index (Phi) is 3.58. The lowest BCUT2D eigenvalue weighted by Crippen LogP contribution is -2.54. The summed E-state index contributed by atoms with van der Waals surface area (Å²) in [7, 11) is 0. The molecule has 0 spiro atoms. The van der Waals surface area contributed by atoms with Gasteiger partial charge >= 0.3 is 0 Å². The van der Waals surface area contributed by atoms with Gasteiger partial charge in [-0.3, -0.25) is 4.79 Å². The maximum Gasteiger partial charge on any atom is 0.237 e. The summed E-state index contributed by atoms with van der Waals surface area (Å²) in [6, 6.07) is 5.52. The molecule has 3 fully saturated rings. The molecule has 0 N–H and O–H groups in total. The van der Waals surface area contributed by atoms with E-state index in [1.807, 2.05) is 4.90 Å². The molecule has 0 radical (unpaired) electrons. The Morgan fingerprint density at radius 1 is 1.23 bits per heavy atom. The Hall–Kier alpha value is -2.41. The number of nitrogens with zero attached hydrogens (tertiary/aromatic N) is 3. The van der Waals surface area contributed by atoms with Gasteiger partial charge in [0.05, 0.1) is 29.0 Å². The number of amides is 1. The molecule has 4 bridgehead atoms.